The van der Waals surface area contributed by atoms with Gasteiger partial charge in [0.15, 0.2) is 5.60 Å². The average Bonchev–Trinajstić information content (AvgIpc) is 2.54. The van der Waals surface area contributed by atoms with E-state index >= 15 is 0 Å². The van der Waals surface area contributed by atoms with Crippen LogP contribution < -0.4 is 0 Å². The lowest BCUT2D eigenvalue weighted by Gasteiger charge is -2.32. The third kappa shape index (κ3) is 4.73. The number of aliphatic hydroxyl groups is 3. The quantitative estimate of drug-likeness (QED) is 0.589. The normalized spacial score (nSPS) is 20.5. The van der Waals surface area contributed by atoms with Crippen LogP contribution in [0, 0.1) is 5.92 Å². The lowest BCUT2D eigenvalue weighted by Crippen LogP contribution is -2.45. The minimum atomic E-state index is -2.17. The Labute approximate surface area is 155 Å². The van der Waals surface area contributed by atoms with Crippen LogP contribution in [0.5, 0.6) is 0 Å². The number of Topliss-reactive ketones (excluding diaryl/α,β-unsaturated/α-hetero) is 2. The fourth-order valence-electron chi connectivity index (χ4n) is 2.59. The Bertz CT molecular complexity index is 711. The molecule has 1 aliphatic carbocycles. The largest absolute Gasteiger partial charge is 0.508 e. The van der Waals surface area contributed by atoms with Crippen molar-refractivity contribution in [3.8, 4) is 0 Å². The molecule has 0 fully saturated rings. The van der Waals surface area contributed by atoms with Gasteiger partial charge >= 0.3 is 0 Å². The summed E-state index contributed by atoms with van der Waals surface area (Å²) in [6, 6.07) is 0. The summed E-state index contributed by atoms with van der Waals surface area (Å²) in [4.78, 5) is 25.0. The van der Waals surface area contributed by atoms with E-state index in [1.165, 1.54) is 0 Å². The zero-order chi connectivity index (χ0) is 20.2. The molecule has 5 heteroatoms. The Balaban J connectivity index is 3.53. The van der Waals surface area contributed by atoms with Gasteiger partial charge in [0.2, 0.25) is 5.78 Å². The highest BCUT2D eigenvalue weighted by molar-refractivity contribution is 6.07. The van der Waals surface area contributed by atoms with Crippen LogP contribution in [0.25, 0.3) is 0 Å². The summed E-state index contributed by atoms with van der Waals surface area (Å²) in [5, 5.41) is 32.1. The topological polar surface area (TPSA) is 94.8 Å². The van der Waals surface area contributed by atoms with Gasteiger partial charge in [-0.25, -0.2) is 0 Å². The van der Waals surface area contributed by atoms with E-state index < -0.39 is 22.9 Å². The molecule has 26 heavy (non-hydrogen) atoms. The Morgan fingerprint density at radius 1 is 1.04 bits per heavy atom. The smallest absolute Gasteiger partial charge is 0.202 e. The zero-order valence-electron chi connectivity index (χ0n) is 16.5. The molecule has 1 aliphatic rings. The van der Waals surface area contributed by atoms with Crippen molar-refractivity contribution >= 4 is 11.6 Å². The van der Waals surface area contributed by atoms with Gasteiger partial charge in [-0.15, -0.1) is 0 Å². The van der Waals surface area contributed by atoms with Crippen LogP contribution in [0.4, 0.5) is 0 Å². The van der Waals surface area contributed by atoms with Crippen molar-refractivity contribution in [3.63, 3.8) is 0 Å². The van der Waals surface area contributed by atoms with Crippen molar-refractivity contribution < 1.29 is 24.9 Å². The van der Waals surface area contributed by atoms with Crippen molar-refractivity contribution in [2.75, 3.05) is 0 Å². The molecule has 0 heterocycles. The van der Waals surface area contributed by atoms with Crippen molar-refractivity contribution in [1.82, 2.24) is 0 Å². The number of ketones is 2. The highest BCUT2D eigenvalue weighted by atomic mass is 16.3. The van der Waals surface area contributed by atoms with E-state index in [2.05, 4.69) is 0 Å². The molecule has 1 rings (SSSR count). The van der Waals surface area contributed by atoms with Crippen LogP contribution in [0.3, 0.4) is 0 Å². The second kappa shape index (κ2) is 8.49. The molecule has 0 amide bonds. The van der Waals surface area contributed by atoms with Gasteiger partial charge in [0, 0.05) is 29.9 Å². The molecule has 144 valence electrons. The molecular formula is C21H30O5. The van der Waals surface area contributed by atoms with Gasteiger partial charge in [-0.1, -0.05) is 37.1 Å². The lowest BCUT2D eigenvalue weighted by atomic mass is 9.77. The molecule has 0 spiro atoms. The summed E-state index contributed by atoms with van der Waals surface area (Å²) < 4.78 is 0. The lowest BCUT2D eigenvalue weighted by molar-refractivity contribution is -0.133. The van der Waals surface area contributed by atoms with Crippen LogP contribution in [0.1, 0.15) is 60.8 Å². The summed E-state index contributed by atoms with van der Waals surface area (Å²) in [5.74, 6) is -2.26. The molecule has 5 nitrogen and oxygen atoms in total. The SMILES string of the molecule is CC(C)=CCC1=C(O)C(CC(=O)C(C)C)=C(O)[C@@](O)(CC=C(C)C)C1=O. The fraction of sp³-hybridized carbons (Fsp3) is 0.524. The van der Waals surface area contributed by atoms with Gasteiger partial charge in [-0.05, 0) is 34.1 Å². The number of rotatable bonds is 7. The molecular weight excluding hydrogens is 332 g/mol. The molecule has 0 aromatic rings. The number of carbonyl (C=O) groups is 2. The first kappa shape index (κ1) is 21.9. The molecule has 0 radical (unpaired) electrons. The van der Waals surface area contributed by atoms with Crippen molar-refractivity contribution in [2.24, 2.45) is 5.92 Å². The minimum Gasteiger partial charge on any atom is -0.508 e. The van der Waals surface area contributed by atoms with Gasteiger partial charge in [0.05, 0.1) is 0 Å². The second-order valence-electron chi connectivity index (χ2n) is 7.61. The van der Waals surface area contributed by atoms with Crippen molar-refractivity contribution in [1.29, 1.82) is 0 Å². The minimum absolute atomic E-state index is 0.0141. The maximum atomic E-state index is 12.9. The van der Waals surface area contributed by atoms with E-state index in [0.717, 1.165) is 11.1 Å². The van der Waals surface area contributed by atoms with Crippen LogP contribution in [-0.2, 0) is 9.59 Å². The maximum Gasteiger partial charge on any atom is 0.202 e. The monoisotopic (exact) mass is 362 g/mol. The predicted molar refractivity (Wildman–Crippen MR) is 102 cm³/mol. The molecule has 0 saturated carbocycles. The van der Waals surface area contributed by atoms with E-state index in [1.54, 1.807) is 26.0 Å². The Morgan fingerprint density at radius 3 is 2.04 bits per heavy atom. The highest BCUT2D eigenvalue weighted by Crippen LogP contribution is 2.38. The Kier molecular flexibility index (Phi) is 7.16. The number of hydrogen-bond acceptors (Lipinski definition) is 5. The van der Waals surface area contributed by atoms with Crippen LogP contribution in [-0.4, -0.2) is 32.5 Å². The summed E-state index contributed by atoms with van der Waals surface area (Å²) in [6.07, 6.45) is 3.17. The summed E-state index contributed by atoms with van der Waals surface area (Å²) >= 11 is 0. The third-order valence-corrected chi connectivity index (χ3v) is 4.41. The predicted octanol–water partition coefficient (Wildman–Crippen LogP) is 4.25. The van der Waals surface area contributed by atoms with Crippen molar-refractivity contribution in [3.05, 3.63) is 46.0 Å². The highest BCUT2D eigenvalue weighted by Gasteiger charge is 2.47. The molecule has 0 aromatic carbocycles. The molecule has 0 unspecified atom stereocenters. The van der Waals surface area contributed by atoms with Gasteiger partial charge < -0.3 is 15.3 Å². The van der Waals surface area contributed by atoms with E-state index in [9.17, 15) is 24.9 Å². The van der Waals surface area contributed by atoms with E-state index in [1.807, 2.05) is 27.7 Å². The number of aliphatic hydroxyl groups excluding tert-OH is 2. The van der Waals surface area contributed by atoms with E-state index in [0.29, 0.717) is 0 Å². The van der Waals surface area contributed by atoms with E-state index in [-0.39, 0.29) is 42.1 Å². The zero-order valence-corrected chi connectivity index (χ0v) is 16.5. The second-order valence-corrected chi connectivity index (χ2v) is 7.61. The van der Waals surface area contributed by atoms with Gasteiger partial charge in [-0.3, -0.25) is 9.59 Å². The number of allylic oxidation sites excluding steroid dienone is 4. The first-order chi connectivity index (χ1) is 11.9. The van der Waals surface area contributed by atoms with Gasteiger partial charge in [0.1, 0.15) is 17.3 Å². The van der Waals surface area contributed by atoms with Crippen LogP contribution in [0.2, 0.25) is 0 Å². The average molecular weight is 362 g/mol. The first-order valence-electron chi connectivity index (χ1n) is 8.83. The number of hydrogen-bond donors (Lipinski definition) is 3. The molecule has 0 aromatic heterocycles. The molecule has 0 bridgehead atoms. The van der Waals surface area contributed by atoms with Gasteiger partial charge in [0.25, 0.3) is 0 Å². The molecule has 3 N–H and O–H groups in total. The van der Waals surface area contributed by atoms with Crippen molar-refractivity contribution in [2.45, 2.75) is 66.4 Å². The first-order valence-corrected chi connectivity index (χ1v) is 8.83. The van der Waals surface area contributed by atoms with E-state index in [4.69, 9.17) is 0 Å². The Morgan fingerprint density at radius 2 is 1.58 bits per heavy atom. The van der Waals surface area contributed by atoms with Crippen LogP contribution in [0.15, 0.2) is 46.0 Å². The summed E-state index contributed by atoms with van der Waals surface area (Å²) in [7, 11) is 0. The fourth-order valence-corrected chi connectivity index (χ4v) is 2.59. The Hall–Kier alpha value is -2.14. The summed E-state index contributed by atoms with van der Waals surface area (Å²) in [5.41, 5.74) is -0.390. The summed E-state index contributed by atoms with van der Waals surface area (Å²) in [6.45, 7) is 10.8. The maximum absolute atomic E-state index is 12.9. The van der Waals surface area contributed by atoms with Gasteiger partial charge in [-0.2, -0.15) is 0 Å². The number of carbonyl (C=O) groups excluding carboxylic acids is 2. The third-order valence-electron chi connectivity index (χ3n) is 4.41. The molecule has 1 atom stereocenters. The molecule has 0 saturated heterocycles. The van der Waals surface area contributed by atoms with Crippen LogP contribution >= 0.6 is 0 Å². The molecule has 0 aliphatic heterocycles. The standard InChI is InChI=1S/C21H30O5/c1-12(2)7-8-15-18(23)16(11-17(22)14(5)6)20(25)21(26,19(15)24)10-9-13(3)4/h7,9,14,23,25-26H,8,10-11H2,1-6H3/t21-/m1/s1.